The zero-order chi connectivity index (χ0) is 29.0. The summed E-state index contributed by atoms with van der Waals surface area (Å²) >= 11 is 0. The predicted octanol–water partition coefficient (Wildman–Crippen LogP) is 4.38. The van der Waals surface area contributed by atoms with Gasteiger partial charge >= 0.3 is 5.97 Å². The molecule has 1 aromatic heterocycles. The summed E-state index contributed by atoms with van der Waals surface area (Å²) in [4.78, 5) is 33.8. The lowest BCUT2D eigenvalue weighted by Crippen LogP contribution is -2.50. The van der Waals surface area contributed by atoms with Crippen molar-refractivity contribution in [1.82, 2.24) is 19.8 Å². The Labute approximate surface area is 244 Å². The molecular formula is C32H49N5O4. The number of para-hydroxylation sites is 2. The predicted molar refractivity (Wildman–Crippen MR) is 162 cm³/mol. The van der Waals surface area contributed by atoms with Crippen molar-refractivity contribution >= 4 is 22.8 Å². The number of hydrogen-bond donors (Lipinski definition) is 3. The SMILES string of the molecule is CC(C)(C)OC(=O)C(CO)NCCNc1nc2ccccc2n([C@H]2C[C@H]3CC[C@@H](C2)N3C2CCCCCCC2)c1=O. The van der Waals surface area contributed by atoms with E-state index in [0.717, 1.165) is 23.9 Å². The maximum Gasteiger partial charge on any atom is 0.326 e. The number of carbonyl (C=O) groups is 1. The fourth-order valence-corrected chi connectivity index (χ4v) is 7.38. The highest BCUT2D eigenvalue weighted by Crippen LogP contribution is 2.44. The number of nitrogens with zero attached hydrogens (tertiary/aromatic N) is 3. The van der Waals surface area contributed by atoms with Crippen LogP contribution in [-0.2, 0) is 9.53 Å². The summed E-state index contributed by atoms with van der Waals surface area (Å²) < 4.78 is 7.40. The van der Waals surface area contributed by atoms with Crippen molar-refractivity contribution in [3.05, 3.63) is 34.6 Å². The highest BCUT2D eigenvalue weighted by molar-refractivity contribution is 5.77. The monoisotopic (exact) mass is 567 g/mol. The third kappa shape index (κ3) is 7.12. The Hall–Kier alpha value is -2.49. The fraction of sp³-hybridized carbons (Fsp3) is 0.719. The van der Waals surface area contributed by atoms with Crippen molar-refractivity contribution in [2.75, 3.05) is 25.0 Å². The van der Waals surface area contributed by atoms with Gasteiger partial charge in [-0.3, -0.25) is 14.5 Å². The third-order valence-electron chi connectivity index (χ3n) is 9.10. The van der Waals surface area contributed by atoms with Gasteiger partial charge in [-0.1, -0.05) is 44.2 Å². The molecule has 3 aliphatic rings. The molecule has 2 bridgehead atoms. The molecule has 4 atom stereocenters. The topological polar surface area (TPSA) is 109 Å². The Bertz CT molecular complexity index is 1220. The summed E-state index contributed by atoms with van der Waals surface area (Å²) in [7, 11) is 0. The summed E-state index contributed by atoms with van der Waals surface area (Å²) in [6, 6.07) is 9.06. The van der Waals surface area contributed by atoms with Gasteiger partial charge in [0.1, 0.15) is 11.6 Å². The van der Waals surface area contributed by atoms with E-state index in [1.165, 1.54) is 57.8 Å². The first kappa shape index (κ1) is 30.0. The lowest BCUT2D eigenvalue weighted by molar-refractivity contribution is -0.158. The van der Waals surface area contributed by atoms with Crippen LogP contribution in [0.15, 0.2) is 29.1 Å². The average Bonchev–Trinajstić information content (AvgIpc) is 3.16. The molecular weight excluding hydrogens is 518 g/mol. The summed E-state index contributed by atoms with van der Waals surface area (Å²) in [6.07, 6.45) is 13.9. The van der Waals surface area contributed by atoms with Crippen LogP contribution in [-0.4, -0.2) is 75.0 Å². The zero-order valence-corrected chi connectivity index (χ0v) is 25.1. The number of aliphatic hydroxyl groups is 1. The first-order valence-corrected chi connectivity index (χ1v) is 15.8. The number of ether oxygens (including phenoxy) is 1. The van der Waals surface area contributed by atoms with E-state index >= 15 is 0 Å². The normalized spacial score (nSPS) is 25.0. The number of esters is 1. The molecule has 2 saturated heterocycles. The van der Waals surface area contributed by atoms with E-state index in [1.807, 2.05) is 28.8 Å². The molecule has 2 aromatic rings. The van der Waals surface area contributed by atoms with Crippen molar-refractivity contribution in [3.63, 3.8) is 0 Å². The number of nitrogens with one attached hydrogen (secondary N) is 2. The van der Waals surface area contributed by atoms with Gasteiger partial charge in [0.15, 0.2) is 5.82 Å². The van der Waals surface area contributed by atoms with E-state index in [2.05, 4.69) is 20.5 Å². The van der Waals surface area contributed by atoms with Gasteiger partial charge in [0.05, 0.1) is 17.6 Å². The van der Waals surface area contributed by atoms with Gasteiger partial charge in [-0.25, -0.2) is 4.98 Å². The quantitative estimate of drug-likeness (QED) is 0.303. The Balaban J connectivity index is 1.29. The zero-order valence-electron chi connectivity index (χ0n) is 25.1. The fourth-order valence-electron chi connectivity index (χ4n) is 7.38. The van der Waals surface area contributed by atoms with Crippen LogP contribution in [0.1, 0.15) is 97.4 Å². The Morgan fingerprint density at radius 1 is 0.976 bits per heavy atom. The second kappa shape index (κ2) is 13.2. The van der Waals surface area contributed by atoms with Gasteiger partial charge in [0.2, 0.25) is 0 Å². The van der Waals surface area contributed by atoms with Crippen molar-refractivity contribution in [1.29, 1.82) is 0 Å². The summed E-state index contributed by atoms with van der Waals surface area (Å²) in [5.74, 6) is -0.162. The largest absolute Gasteiger partial charge is 0.459 e. The Morgan fingerprint density at radius 2 is 1.63 bits per heavy atom. The minimum Gasteiger partial charge on any atom is -0.459 e. The van der Waals surface area contributed by atoms with Gasteiger partial charge in [-0.15, -0.1) is 0 Å². The standard InChI is InChI=1S/C32H49N5O4/c1-32(2,3)41-31(40)27(21-38)33-17-18-34-29-30(39)37(28-14-10-9-13-26(28)35-29)25-19-23-15-16-24(20-25)36(23)22-11-7-5-4-6-8-12-22/h9-10,13-14,22-25,27,33,38H,4-8,11-12,15-21H2,1-3H3,(H,34,35)/t23-,24+,25+,27?. The molecule has 1 unspecified atom stereocenters. The summed E-state index contributed by atoms with van der Waals surface area (Å²) in [5, 5.41) is 15.9. The van der Waals surface area contributed by atoms with Crippen LogP contribution in [0.5, 0.6) is 0 Å². The summed E-state index contributed by atoms with van der Waals surface area (Å²) in [6.45, 7) is 5.77. The van der Waals surface area contributed by atoms with Gasteiger partial charge in [0, 0.05) is 37.3 Å². The number of carbonyl (C=O) groups excluding carboxylic acids is 1. The smallest absolute Gasteiger partial charge is 0.326 e. The van der Waals surface area contributed by atoms with Gasteiger partial charge < -0.3 is 25.0 Å². The highest BCUT2D eigenvalue weighted by Gasteiger charge is 2.44. The molecule has 0 amide bonds. The number of aromatic nitrogens is 2. The number of benzene rings is 1. The van der Waals surface area contributed by atoms with Crippen molar-refractivity contribution < 1.29 is 14.6 Å². The van der Waals surface area contributed by atoms with Crippen LogP contribution < -0.4 is 16.2 Å². The number of anilines is 1. The number of piperidine rings is 1. The number of aliphatic hydroxyl groups excluding tert-OH is 1. The molecule has 0 radical (unpaired) electrons. The molecule has 3 heterocycles. The van der Waals surface area contributed by atoms with Crippen LogP contribution in [0.4, 0.5) is 5.82 Å². The van der Waals surface area contributed by atoms with Gasteiger partial charge in [-0.05, 0) is 71.4 Å². The number of hydrogen-bond acceptors (Lipinski definition) is 8. The Kier molecular flexibility index (Phi) is 9.66. The Morgan fingerprint density at radius 3 is 2.29 bits per heavy atom. The summed E-state index contributed by atoms with van der Waals surface area (Å²) in [5.41, 5.74) is 0.989. The van der Waals surface area contributed by atoms with E-state index in [4.69, 9.17) is 4.74 Å². The molecule has 9 nitrogen and oxygen atoms in total. The van der Waals surface area contributed by atoms with E-state index in [0.29, 0.717) is 37.0 Å². The highest BCUT2D eigenvalue weighted by atomic mass is 16.6. The van der Waals surface area contributed by atoms with E-state index in [9.17, 15) is 14.7 Å². The van der Waals surface area contributed by atoms with Crippen molar-refractivity contribution in [2.24, 2.45) is 0 Å². The molecule has 1 aromatic carbocycles. The minimum absolute atomic E-state index is 0.0849. The molecule has 9 heteroatoms. The van der Waals surface area contributed by atoms with Crippen LogP contribution >= 0.6 is 0 Å². The molecule has 1 saturated carbocycles. The molecule has 41 heavy (non-hydrogen) atoms. The van der Waals surface area contributed by atoms with E-state index in [1.54, 1.807) is 20.8 Å². The van der Waals surface area contributed by atoms with Crippen LogP contribution in [0.25, 0.3) is 11.0 Å². The average molecular weight is 568 g/mol. The van der Waals surface area contributed by atoms with Crippen LogP contribution in [0.2, 0.25) is 0 Å². The first-order valence-electron chi connectivity index (χ1n) is 15.8. The second-order valence-corrected chi connectivity index (χ2v) is 13.2. The van der Waals surface area contributed by atoms with Gasteiger partial charge in [-0.2, -0.15) is 0 Å². The molecule has 1 aliphatic carbocycles. The maximum atomic E-state index is 13.9. The first-order chi connectivity index (χ1) is 19.7. The number of rotatable bonds is 9. The number of fused-ring (bicyclic) bond motifs is 3. The molecule has 3 N–H and O–H groups in total. The lowest BCUT2D eigenvalue weighted by atomic mass is 9.89. The second-order valence-electron chi connectivity index (χ2n) is 13.2. The minimum atomic E-state index is -0.823. The molecule has 3 fully saturated rings. The molecule has 5 rings (SSSR count). The van der Waals surface area contributed by atoms with Gasteiger partial charge in [0.25, 0.3) is 5.56 Å². The van der Waals surface area contributed by atoms with Crippen molar-refractivity contribution in [3.8, 4) is 0 Å². The van der Waals surface area contributed by atoms with Crippen molar-refractivity contribution in [2.45, 2.75) is 127 Å². The van der Waals surface area contributed by atoms with Crippen LogP contribution in [0.3, 0.4) is 0 Å². The lowest BCUT2D eigenvalue weighted by Gasteiger charge is -2.45. The van der Waals surface area contributed by atoms with E-state index in [-0.39, 0.29) is 18.2 Å². The molecule has 226 valence electrons. The molecule has 2 aliphatic heterocycles. The molecule has 0 spiro atoms. The third-order valence-corrected chi connectivity index (χ3v) is 9.10. The van der Waals surface area contributed by atoms with E-state index < -0.39 is 17.6 Å². The maximum absolute atomic E-state index is 13.9. The van der Waals surface area contributed by atoms with Crippen LogP contribution in [0, 0.1) is 0 Å².